The van der Waals surface area contributed by atoms with Crippen LogP contribution < -0.4 is 0 Å². The summed E-state index contributed by atoms with van der Waals surface area (Å²) in [6.45, 7) is 2.08. The van der Waals surface area contributed by atoms with Crippen molar-refractivity contribution in [1.29, 1.82) is 0 Å². The van der Waals surface area contributed by atoms with Crippen LogP contribution in [0.3, 0.4) is 0 Å². The molecule has 2 heterocycles. The van der Waals surface area contributed by atoms with E-state index in [1.54, 1.807) is 11.3 Å². The summed E-state index contributed by atoms with van der Waals surface area (Å²) in [5.74, 6) is 0.778. The molecule has 4 rings (SSSR count). The van der Waals surface area contributed by atoms with Crippen LogP contribution in [0.5, 0.6) is 0 Å². The quantitative estimate of drug-likeness (QED) is 0.564. The van der Waals surface area contributed by atoms with Crippen molar-refractivity contribution in [3.05, 3.63) is 60.2 Å². The third-order valence-electron chi connectivity index (χ3n) is 3.29. The van der Waals surface area contributed by atoms with Gasteiger partial charge in [0.15, 0.2) is 5.82 Å². The maximum absolute atomic E-state index is 4.67. The van der Waals surface area contributed by atoms with E-state index in [1.807, 2.05) is 40.9 Å². The summed E-state index contributed by atoms with van der Waals surface area (Å²) >= 11 is 1.55. The fourth-order valence-electron chi connectivity index (χ4n) is 2.28. The molecule has 0 aliphatic rings. The molecule has 0 aliphatic heterocycles. The van der Waals surface area contributed by atoms with E-state index in [0.717, 1.165) is 26.9 Å². The molecule has 102 valence electrons. The zero-order chi connectivity index (χ0) is 14.2. The molecule has 0 bridgehead atoms. The molecule has 0 saturated carbocycles. The summed E-state index contributed by atoms with van der Waals surface area (Å²) in [6.07, 6.45) is 0. The minimum Gasteiger partial charge on any atom is -0.182 e. The molecule has 0 amide bonds. The predicted molar refractivity (Wildman–Crippen MR) is 84.3 cm³/mol. The smallest absolute Gasteiger partial charge is 0.182 e. The summed E-state index contributed by atoms with van der Waals surface area (Å²) < 4.78 is 1.82. The zero-order valence-electron chi connectivity index (χ0n) is 11.4. The van der Waals surface area contributed by atoms with Crippen molar-refractivity contribution < 1.29 is 0 Å². The molecule has 0 radical (unpaired) electrons. The SMILES string of the molecule is Cc1cccc(-c2nn3c(-c4ccccc4)nnc3s2)c1. The van der Waals surface area contributed by atoms with Gasteiger partial charge in [-0.05, 0) is 13.0 Å². The maximum Gasteiger partial charge on any atom is 0.235 e. The van der Waals surface area contributed by atoms with E-state index >= 15 is 0 Å². The average Bonchev–Trinajstić information content (AvgIpc) is 3.08. The van der Waals surface area contributed by atoms with E-state index in [4.69, 9.17) is 0 Å². The standard InChI is InChI=1S/C16H12N4S/c1-11-6-5-9-13(10-11)15-19-20-14(17-18-16(20)21-15)12-7-3-2-4-8-12/h2-10H,1H3. The van der Waals surface area contributed by atoms with Crippen LogP contribution >= 0.6 is 11.3 Å². The van der Waals surface area contributed by atoms with Crippen molar-refractivity contribution >= 4 is 16.3 Å². The third kappa shape index (κ3) is 2.11. The lowest BCUT2D eigenvalue weighted by Gasteiger charge is -1.97. The molecule has 5 heteroatoms. The van der Waals surface area contributed by atoms with Crippen LogP contribution in [0.15, 0.2) is 54.6 Å². The highest BCUT2D eigenvalue weighted by atomic mass is 32.1. The number of hydrogen-bond acceptors (Lipinski definition) is 4. The Labute approximate surface area is 125 Å². The second kappa shape index (κ2) is 4.79. The summed E-state index contributed by atoms with van der Waals surface area (Å²) in [5.41, 5.74) is 3.36. The third-order valence-corrected chi connectivity index (χ3v) is 4.24. The van der Waals surface area contributed by atoms with Gasteiger partial charge in [0.25, 0.3) is 0 Å². The minimum absolute atomic E-state index is 0.778. The molecule has 0 spiro atoms. The van der Waals surface area contributed by atoms with Crippen molar-refractivity contribution in [3.8, 4) is 22.0 Å². The number of hydrogen-bond donors (Lipinski definition) is 0. The van der Waals surface area contributed by atoms with Gasteiger partial charge in [0.05, 0.1) is 0 Å². The zero-order valence-corrected chi connectivity index (χ0v) is 12.2. The first kappa shape index (κ1) is 12.2. The van der Waals surface area contributed by atoms with E-state index in [2.05, 4.69) is 40.4 Å². The number of aryl methyl sites for hydroxylation is 1. The van der Waals surface area contributed by atoms with Gasteiger partial charge in [-0.25, -0.2) is 0 Å². The largest absolute Gasteiger partial charge is 0.235 e. The second-order valence-electron chi connectivity index (χ2n) is 4.86. The molecule has 0 fully saturated rings. The van der Waals surface area contributed by atoms with E-state index in [1.165, 1.54) is 5.56 Å². The summed E-state index contributed by atoms with van der Waals surface area (Å²) in [6, 6.07) is 18.3. The fraction of sp³-hybridized carbons (Fsp3) is 0.0625. The molecule has 0 unspecified atom stereocenters. The average molecular weight is 292 g/mol. The van der Waals surface area contributed by atoms with Gasteiger partial charge in [0, 0.05) is 11.1 Å². The molecule has 21 heavy (non-hydrogen) atoms. The Balaban J connectivity index is 1.87. The van der Waals surface area contributed by atoms with Crippen molar-refractivity contribution in [3.63, 3.8) is 0 Å². The van der Waals surface area contributed by atoms with Gasteiger partial charge in [0.2, 0.25) is 4.96 Å². The Morgan fingerprint density at radius 3 is 2.52 bits per heavy atom. The lowest BCUT2D eigenvalue weighted by molar-refractivity contribution is 0.970. The van der Waals surface area contributed by atoms with Crippen LogP contribution in [-0.2, 0) is 0 Å². The number of rotatable bonds is 2. The van der Waals surface area contributed by atoms with Crippen molar-refractivity contribution in [2.24, 2.45) is 0 Å². The summed E-state index contributed by atoms with van der Waals surface area (Å²) in [5, 5.41) is 14.1. The Bertz CT molecular complexity index is 908. The first-order valence-electron chi connectivity index (χ1n) is 6.66. The molecular formula is C16H12N4S. The van der Waals surface area contributed by atoms with Gasteiger partial charge in [-0.15, -0.1) is 10.2 Å². The molecule has 2 aromatic carbocycles. The first-order valence-corrected chi connectivity index (χ1v) is 7.47. The molecule has 0 N–H and O–H groups in total. The van der Waals surface area contributed by atoms with Gasteiger partial charge in [0.1, 0.15) is 5.01 Å². The number of aromatic nitrogens is 4. The van der Waals surface area contributed by atoms with Gasteiger partial charge in [-0.3, -0.25) is 0 Å². The van der Waals surface area contributed by atoms with Crippen LogP contribution in [0.4, 0.5) is 0 Å². The number of fused-ring (bicyclic) bond motifs is 1. The van der Waals surface area contributed by atoms with Gasteiger partial charge < -0.3 is 0 Å². The van der Waals surface area contributed by atoms with Crippen molar-refractivity contribution in [1.82, 2.24) is 19.8 Å². The van der Waals surface area contributed by atoms with Crippen LogP contribution in [0.2, 0.25) is 0 Å². The van der Waals surface area contributed by atoms with Crippen LogP contribution in [0.25, 0.3) is 26.9 Å². The van der Waals surface area contributed by atoms with E-state index in [-0.39, 0.29) is 0 Å². The normalized spacial score (nSPS) is 11.1. The van der Waals surface area contributed by atoms with Crippen molar-refractivity contribution in [2.45, 2.75) is 6.92 Å². The highest BCUT2D eigenvalue weighted by Crippen LogP contribution is 2.28. The van der Waals surface area contributed by atoms with Crippen LogP contribution in [0, 0.1) is 6.92 Å². The number of benzene rings is 2. The minimum atomic E-state index is 0.778. The Morgan fingerprint density at radius 2 is 1.71 bits per heavy atom. The van der Waals surface area contributed by atoms with E-state index in [9.17, 15) is 0 Å². The lowest BCUT2D eigenvalue weighted by Crippen LogP contribution is -1.90. The molecule has 2 aromatic heterocycles. The van der Waals surface area contributed by atoms with Gasteiger partial charge in [-0.1, -0.05) is 65.4 Å². The lowest BCUT2D eigenvalue weighted by atomic mass is 10.1. The van der Waals surface area contributed by atoms with Gasteiger partial charge >= 0.3 is 0 Å². The molecule has 4 nitrogen and oxygen atoms in total. The van der Waals surface area contributed by atoms with Crippen LogP contribution in [-0.4, -0.2) is 19.8 Å². The Kier molecular flexibility index (Phi) is 2.79. The Morgan fingerprint density at radius 1 is 0.905 bits per heavy atom. The molecule has 0 atom stereocenters. The molecular weight excluding hydrogens is 280 g/mol. The fourth-order valence-corrected chi connectivity index (χ4v) is 3.11. The Hall–Kier alpha value is -2.53. The monoisotopic (exact) mass is 292 g/mol. The van der Waals surface area contributed by atoms with Crippen molar-refractivity contribution in [2.75, 3.05) is 0 Å². The predicted octanol–water partition coefficient (Wildman–Crippen LogP) is 3.83. The number of nitrogens with zero attached hydrogens (tertiary/aromatic N) is 4. The molecule has 4 aromatic rings. The molecule has 0 aliphatic carbocycles. The van der Waals surface area contributed by atoms with Gasteiger partial charge in [-0.2, -0.15) is 9.61 Å². The molecule has 0 saturated heterocycles. The second-order valence-corrected chi connectivity index (χ2v) is 5.82. The first-order chi connectivity index (χ1) is 10.3. The van der Waals surface area contributed by atoms with E-state index < -0.39 is 0 Å². The summed E-state index contributed by atoms with van der Waals surface area (Å²) in [4.78, 5) is 0.811. The highest BCUT2D eigenvalue weighted by molar-refractivity contribution is 7.19. The topological polar surface area (TPSA) is 43.1 Å². The highest BCUT2D eigenvalue weighted by Gasteiger charge is 2.14. The van der Waals surface area contributed by atoms with Crippen LogP contribution in [0.1, 0.15) is 5.56 Å². The summed E-state index contributed by atoms with van der Waals surface area (Å²) in [7, 11) is 0. The maximum atomic E-state index is 4.67. The van der Waals surface area contributed by atoms with E-state index in [0.29, 0.717) is 0 Å².